The molecule has 1 aliphatic rings. The van der Waals surface area contributed by atoms with E-state index in [1.54, 1.807) is 6.07 Å². The average Bonchev–Trinajstić information content (AvgIpc) is 2.62. The number of benzene rings is 1. The van der Waals surface area contributed by atoms with Crippen LogP contribution in [0.5, 0.6) is 0 Å². The van der Waals surface area contributed by atoms with Crippen molar-refractivity contribution >= 4 is 17.2 Å². The van der Waals surface area contributed by atoms with Gasteiger partial charge in [0, 0.05) is 25.3 Å². The minimum Gasteiger partial charge on any atom is -0.377 e. The molecule has 3 rings (SSSR count). The van der Waals surface area contributed by atoms with Crippen molar-refractivity contribution in [2.24, 2.45) is 0 Å². The Kier molecular flexibility index (Phi) is 4.75. The summed E-state index contributed by atoms with van der Waals surface area (Å²) in [7, 11) is 0. The van der Waals surface area contributed by atoms with Crippen LogP contribution in [-0.2, 0) is 0 Å². The second-order valence-electron chi connectivity index (χ2n) is 5.82. The fraction of sp³-hybridized carbons (Fsp3) is 0.294. The number of nitrogens with zero attached hydrogens (tertiary/aromatic N) is 4. The first-order chi connectivity index (χ1) is 12.1. The molecular weight excluding hydrogens is 325 g/mol. The van der Waals surface area contributed by atoms with E-state index in [0.717, 1.165) is 37.8 Å². The Morgan fingerprint density at radius 2 is 2.08 bits per heavy atom. The molecule has 25 heavy (non-hydrogen) atoms. The van der Waals surface area contributed by atoms with E-state index in [-0.39, 0.29) is 11.7 Å². The Hall–Kier alpha value is -3.21. The lowest BCUT2D eigenvalue weighted by atomic mass is 10.0. The van der Waals surface area contributed by atoms with Crippen LogP contribution < -0.4 is 10.2 Å². The molecule has 1 aliphatic heterocycles. The number of pyridine rings is 1. The summed E-state index contributed by atoms with van der Waals surface area (Å²) >= 11 is 0. The minimum absolute atomic E-state index is 0.0233. The molecule has 1 aromatic carbocycles. The fourth-order valence-corrected chi connectivity index (χ4v) is 2.93. The lowest BCUT2D eigenvalue weighted by molar-refractivity contribution is -0.386. The third-order valence-corrected chi connectivity index (χ3v) is 4.22. The number of para-hydroxylation sites is 1. The van der Waals surface area contributed by atoms with Gasteiger partial charge in [-0.2, -0.15) is 9.65 Å². The molecular formula is C17H16FN5O2. The molecule has 0 aliphatic carbocycles. The summed E-state index contributed by atoms with van der Waals surface area (Å²) in [6.45, 7) is 1.44. The Morgan fingerprint density at radius 1 is 1.32 bits per heavy atom. The molecule has 1 saturated heterocycles. The molecule has 8 heteroatoms. The number of rotatable bonds is 4. The Labute approximate surface area is 143 Å². The third-order valence-electron chi connectivity index (χ3n) is 4.22. The molecule has 2 heterocycles. The van der Waals surface area contributed by atoms with Gasteiger partial charge in [-0.05, 0) is 37.1 Å². The molecule has 128 valence electrons. The molecule has 0 spiro atoms. The van der Waals surface area contributed by atoms with Crippen LogP contribution in [0.2, 0.25) is 0 Å². The fourth-order valence-electron chi connectivity index (χ4n) is 2.93. The van der Waals surface area contributed by atoms with Crippen LogP contribution in [0.15, 0.2) is 36.5 Å². The number of aromatic nitrogens is 1. The largest absolute Gasteiger partial charge is 0.377 e. The molecule has 0 saturated carbocycles. The zero-order valence-electron chi connectivity index (χ0n) is 13.4. The number of piperidine rings is 1. The SMILES string of the molecule is N#Cc1ccc(N2CCC(Nc3cccc(F)c3[N+](=O)[O-])CC2)nc1. The number of nitro groups is 1. The van der Waals surface area contributed by atoms with Crippen molar-refractivity contribution in [3.05, 3.63) is 58.0 Å². The van der Waals surface area contributed by atoms with Gasteiger partial charge >= 0.3 is 5.69 Å². The Bertz CT molecular complexity index is 811. The summed E-state index contributed by atoms with van der Waals surface area (Å²) in [6, 6.07) is 9.66. The van der Waals surface area contributed by atoms with E-state index in [9.17, 15) is 14.5 Å². The molecule has 0 atom stereocenters. The van der Waals surface area contributed by atoms with E-state index in [4.69, 9.17) is 5.26 Å². The van der Waals surface area contributed by atoms with Gasteiger partial charge in [0.2, 0.25) is 5.82 Å². The van der Waals surface area contributed by atoms with E-state index in [1.165, 1.54) is 18.3 Å². The monoisotopic (exact) mass is 341 g/mol. The van der Waals surface area contributed by atoms with Crippen molar-refractivity contribution in [3.63, 3.8) is 0 Å². The molecule has 0 radical (unpaired) electrons. The molecule has 1 N–H and O–H groups in total. The highest BCUT2D eigenvalue weighted by atomic mass is 19.1. The van der Waals surface area contributed by atoms with E-state index in [2.05, 4.69) is 15.2 Å². The van der Waals surface area contributed by atoms with Crippen LogP contribution in [0.1, 0.15) is 18.4 Å². The van der Waals surface area contributed by atoms with Crippen LogP contribution in [0, 0.1) is 27.3 Å². The highest BCUT2D eigenvalue weighted by Gasteiger charge is 2.25. The van der Waals surface area contributed by atoms with Crippen molar-refractivity contribution in [2.75, 3.05) is 23.3 Å². The van der Waals surface area contributed by atoms with Crippen LogP contribution >= 0.6 is 0 Å². The van der Waals surface area contributed by atoms with Crippen molar-refractivity contribution < 1.29 is 9.31 Å². The predicted octanol–water partition coefficient (Wildman–Crippen LogP) is 3.08. The van der Waals surface area contributed by atoms with E-state index < -0.39 is 16.4 Å². The zero-order valence-corrected chi connectivity index (χ0v) is 13.4. The standard InChI is InChI=1S/C17H16FN5O2/c18-14-2-1-3-15(17(14)23(24)25)21-13-6-8-22(9-7-13)16-5-4-12(10-19)11-20-16/h1-5,11,13,21H,6-9H2. The number of nitriles is 1. The summed E-state index contributed by atoms with van der Waals surface area (Å²) in [5.41, 5.74) is 0.206. The number of hydrogen-bond acceptors (Lipinski definition) is 6. The van der Waals surface area contributed by atoms with Gasteiger partial charge in [-0.3, -0.25) is 10.1 Å². The lowest BCUT2D eigenvalue weighted by Crippen LogP contribution is -2.39. The highest BCUT2D eigenvalue weighted by Crippen LogP contribution is 2.29. The lowest BCUT2D eigenvalue weighted by Gasteiger charge is -2.33. The van der Waals surface area contributed by atoms with E-state index in [1.807, 2.05) is 12.1 Å². The maximum atomic E-state index is 13.7. The Morgan fingerprint density at radius 3 is 2.68 bits per heavy atom. The van der Waals surface area contributed by atoms with Crippen molar-refractivity contribution in [3.8, 4) is 6.07 Å². The van der Waals surface area contributed by atoms with Gasteiger partial charge in [0.15, 0.2) is 0 Å². The predicted molar refractivity (Wildman–Crippen MR) is 90.9 cm³/mol. The molecule has 2 aromatic rings. The smallest absolute Gasteiger partial charge is 0.327 e. The van der Waals surface area contributed by atoms with Crippen LogP contribution in [0.25, 0.3) is 0 Å². The number of anilines is 2. The van der Waals surface area contributed by atoms with Crippen LogP contribution in [0.3, 0.4) is 0 Å². The summed E-state index contributed by atoms with van der Waals surface area (Å²) in [4.78, 5) is 16.7. The first kappa shape index (κ1) is 16.6. The quantitative estimate of drug-likeness (QED) is 0.678. The molecule has 1 fully saturated rings. The maximum Gasteiger partial charge on any atom is 0.327 e. The summed E-state index contributed by atoms with van der Waals surface area (Å²) < 4.78 is 13.7. The highest BCUT2D eigenvalue weighted by molar-refractivity contribution is 5.62. The number of nitrogens with one attached hydrogen (secondary N) is 1. The molecule has 0 bridgehead atoms. The molecule has 1 aromatic heterocycles. The zero-order chi connectivity index (χ0) is 17.8. The minimum atomic E-state index is -0.839. The van der Waals surface area contributed by atoms with Crippen LogP contribution in [0.4, 0.5) is 21.6 Å². The summed E-state index contributed by atoms with van der Waals surface area (Å²) in [5, 5.41) is 23.0. The number of nitro benzene ring substituents is 1. The second kappa shape index (κ2) is 7.13. The van der Waals surface area contributed by atoms with Gasteiger partial charge in [-0.15, -0.1) is 0 Å². The van der Waals surface area contributed by atoms with Crippen molar-refractivity contribution in [2.45, 2.75) is 18.9 Å². The van der Waals surface area contributed by atoms with Gasteiger partial charge in [0.05, 0.1) is 10.5 Å². The van der Waals surface area contributed by atoms with Crippen LogP contribution in [-0.4, -0.2) is 29.0 Å². The van der Waals surface area contributed by atoms with Crippen molar-refractivity contribution in [1.82, 2.24) is 4.98 Å². The number of halogens is 1. The van der Waals surface area contributed by atoms with Gasteiger partial charge < -0.3 is 10.2 Å². The Balaban J connectivity index is 1.64. The van der Waals surface area contributed by atoms with Gasteiger partial charge in [0.25, 0.3) is 0 Å². The van der Waals surface area contributed by atoms with Gasteiger partial charge in [-0.25, -0.2) is 4.98 Å². The average molecular weight is 341 g/mol. The maximum absolute atomic E-state index is 13.7. The first-order valence-corrected chi connectivity index (χ1v) is 7.89. The topological polar surface area (TPSA) is 95.1 Å². The van der Waals surface area contributed by atoms with E-state index >= 15 is 0 Å². The second-order valence-corrected chi connectivity index (χ2v) is 5.82. The van der Waals surface area contributed by atoms with Gasteiger partial charge in [-0.1, -0.05) is 6.07 Å². The summed E-state index contributed by atoms with van der Waals surface area (Å²) in [5.74, 6) is -0.0385. The first-order valence-electron chi connectivity index (χ1n) is 7.89. The number of hydrogen-bond donors (Lipinski definition) is 1. The molecule has 0 amide bonds. The molecule has 0 unspecified atom stereocenters. The van der Waals surface area contributed by atoms with E-state index in [0.29, 0.717) is 5.56 Å². The van der Waals surface area contributed by atoms with Gasteiger partial charge in [0.1, 0.15) is 17.6 Å². The normalized spacial score (nSPS) is 14.8. The summed E-state index contributed by atoms with van der Waals surface area (Å²) in [6.07, 6.45) is 3.03. The van der Waals surface area contributed by atoms with Crippen molar-refractivity contribution in [1.29, 1.82) is 5.26 Å². The third kappa shape index (κ3) is 3.66. The molecule has 7 nitrogen and oxygen atoms in total.